The van der Waals surface area contributed by atoms with Gasteiger partial charge in [0.05, 0.1) is 18.4 Å². The molecule has 1 aliphatic rings. The van der Waals surface area contributed by atoms with Gasteiger partial charge in [-0.05, 0) is 42.0 Å². The molecule has 4 nitrogen and oxygen atoms in total. The molecule has 0 saturated carbocycles. The van der Waals surface area contributed by atoms with E-state index in [2.05, 4.69) is 5.10 Å². The van der Waals surface area contributed by atoms with E-state index in [1.165, 1.54) is 5.01 Å². The Bertz CT molecular complexity index is 1100. The van der Waals surface area contributed by atoms with Crippen molar-refractivity contribution in [2.75, 3.05) is 12.1 Å². The minimum absolute atomic E-state index is 0.252. The molecule has 0 fully saturated rings. The minimum Gasteiger partial charge on any atom is -0.497 e. The summed E-state index contributed by atoms with van der Waals surface area (Å²) in [6.07, 6.45) is 1.82. The fourth-order valence-electron chi connectivity index (χ4n) is 3.06. The lowest BCUT2D eigenvalue weighted by molar-refractivity contribution is -0.114. The van der Waals surface area contributed by atoms with Gasteiger partial charge in [0.1, 0.15) is 11.5 Å². The molecule has 29 heavy (non-hydrogen) atoms. The van der Waals surface area contributed by atoms with Crippen molar-refractivity contribution in [3.63, 3.8) is 0 Å². The maximum Gasteiger partial charge on any atom is 0.281 e. The Kier molecular flexibility index (Phi) is 5.38. The first-order chi connectivity index (χ1) is 14.0. The molecule has 0 spiro atoms. The van der Waals surface area contributed by atoms with Gasteiger partial charge in [0.2, 0.25) is 0 Å². The number of methoxy groups -OCH3 is 1. The third-order valence-electron chi connectivity index (χ3n) is 4.44. The number of ether oxygens (including phenoxy) is 1. The van der Waals surface area contributed by atoms with Crippen molar-refractivity contribution in [1.29, 1.82) is 0 Å². The molecule has 0 atom stereocenters. The van der Waals surface area contributed by atoms with Gasteiger partial charge in [-0.2, -0.15) is 10.1 Å². The normalized spacial score (nSPS) is 15.0. The first-order valence-corrected chi connectivity index (χ1v) is 9.61. The predicted octanol–water partition coefficient (Wildman–Crippen LogP) is 5.84. The summed E-state index contributed by atoms with van der Waals surface area (Å²) >= 11 is 12.3. The van der Waals surface area contributed by atoms with Crippen molar-refractivity contribution in [1.82, 2.24) is 0 Å². The van der Waals surface area contributed by atoms with Crippen LogP contribution in [0, 0.1) is 0 Å². The Morgan fingerprint density at radius 2 is 1.59 bits per heavy atom. The van der Waals surface area contributed by atoms with Gasteiger partial charge in [-0.1, -0.05) is 65.7 Å². The van der Waals surface area contributed by atoms with Crippen LogP contribution < -0.4 is 9.75 Å². The lowest BCUT2D eigenvalue weighted by Gasteiger charge is -2.12. The van der Waals surface area contributed by atoms with E-state index >= 15 is 0 Å². The Labute approximate surface area is 178 Å². The first-order valence-electron chi connectivity index (χ1n) is 8.86. The maximum absolute atomic E-state index is 13.3. The second-order valence-electron chi connectivity index (χ2n) is 6.39. The Morgan fingerprint density at radius 1 is 0.931 bits per heavy atom. The van der Waals surface area contributed by atoms with E-state index in [4.69, 9.17) is 27.9 Å². The molecular formula is C23H16Cl2N2O2. The van der Waals surface area contributed by atoms with Gasteiger partial charge in [0, 0.05) is 15.6 Å². The highest BCUT2D eigenvalue weighted by Crippen LogP contribution is 2.31. The number of hydrazone groups is 1. The highest BCUT2D eigenvalue weighted by Gasteiger charge is 2.32. The van der Waals surface area contributed by atoms with Crippen LogP contribution in [0.15, 0.2) is 83.5 Å². The largest absolute Gasteiger partial charge is 0.497 e. The number of rotatable bonds is 4. The van der Waals surface area contributed by atoms with Crippen molar-refractivity contribution in [3.05, 3.63) is 99.5 Å². The summed E-state index contributed by atoms with van der Waals surface area (Å²) in [4.78, 5) is 13.3. The molecule has 0 N–H and O–H groups in total. The summed E-state index contributed by atoms with van der Waals surface area (Å²) in [6.45, 7) is 0. The molecule has 0 aromatic heterocycles. The van der Waals surface area contributed by atoms with E-state index in [9.17, 15) is 4.79 Å². The lowest BCUT2D eigenvalue weighted by Crippen LogP contribution is -2.21. The molecular weight excluding hydrogens is 407 g/mol. The summed E-state index contributed by atoms with van der Waals surface area (Å²) in [5.41, 5.74) is 3.29. The number of benzene rings is 3. The standard InChI is InChI=1S/C23H16Cl2N2O2/c1-29-20-9-7-15(8-10-20)11-21-22(16-5-3-2-4-6-16)26-27(23(21)28)19-13-17(24)12-18(25)14-19/h2-14H,1H3. The van der Waals surface area contributed by atoms with Crippen LogP contribution in [-0.4, -0.2) is 18.7 Å². The van der Waals surface area contributed by atoms with Crippen molar-refractivity contribution in [2.24, 2.45) is 5.10 Å². The second-order valence-corrected chi connectivity index (χ2v) is 7.26. The number of anilines is 1. The third kappa shape index (κ3) is 4.04. The molecule has 3 aromatic rings. The highest BCUT2D eigenvalue weighted by molar-refractivity contribution is 6.38. The molecule has 6 heteroatoms. The predicted molar refractivity (Wildman–Crippen MR) is 118 cm³/mol. The Morgan fingerprint density at radius 3 is 2.21 bits per heavy atom. The fourth-order valence-corrected chi connectivity index (χ4v) is 3.57. The van der Waals surface area contributed by atoms with Crippen molar-refractivity contribution in [2.45, 2.75) is 0 Å². The number of carbonyl (C=O) groups excluding carboxylic acids is 1. The molecule has 1 amide bonds. The van der Waals surface area contributed by atoms with E-state index in [-0.39, 0.29) is 5.91 Å². The van der Waals surface area contributed by atoms with Crippen molar-refractivity contribution < 1.29 is 9.53 Å². The number of halogens is 2. The molecule has 0 saturated heterocycles. The molecule has 0 aliphatic carbocycles. The molecule has 1 aliphatic heterocycles. The van der Waals surface area contributed by atoms with E-state index in [1.807, 2.05) is 60.7 Å². The minimum atomic E-state index is -0.252. The number of amides is 1. The zero-order chi connectivity index (χ0) is 20.4. The average Bonchev–Trinajstić information content (AvgIpc) is 3.05. The van der Waals surface area contributed by atoms with Gasteiger partial charge < -0.3 is 4.74 Å². The molecule has 0 unspecified atom stereocenters. The van der Waals surface area contributed by atoms with E-state index in [1.54, 1.807) is 25.3 Å². The quantitative estimate of drug-likeness (QED) is 0.495. The van der Waals surface area contributed by atoms with Gasteiger partial charge in [-0.25, -0.2) is 0 Å². The molecule has 144 valence electrons. The molecule has 0 radical (unpaired) electrons. The monoisotopic (exact) mass is 422 g/mol. The molecule has 3 aromatic carbocycles. The van der Waals surface area contributed by atoms with Crippen LogP contribution in [0.3, 0.4) is 0 Å². The van der Waals surface area contributed by atoms with Gasteiger partial charge in [-0.15, -0.1) is 0 Å². The smallest absolute Gasteiger partial charge is 0.281 e. The number of hydrogen-bond donors (Lipinski definition) is 0. The van der Waals surface area contributed by atoms with E-state index in [0.717, 1.165) is 16.9 Å². The van der Waals surface area contributed by atoms with Crippen molar-refractivity contribution in [3.8, 4) is 5.75 Å². The summed E-state index contributed by atoms with van der Waals surface area (Å²) in [5, 5.41) is 6.79. The second kappa shape index (κ2) is 8.11. The van der Waals surface area contributed by atoms with Gasteiger partial charge in [0.15, 0.2) is 0 Å². The molecule has 0 bridgehead atoms. The fraction of sp³-hybridized carbons (Fsp3) is 0.0435. The van der Waals surface area contributed by atoms with Crippen LogP contribution in [0.2, 0.25) is 10.0 Å². The Hall–Kier alpha value is -3.08. The van der Waals surface area contributed by atoms with Crippen LogP contribution in [0.25, 0.3) is 6.08 Å². The summed E-state index contributed by atoms with van der Waals surface area (Å²) in [5.74, 6) is 0.495. The van der Waals surface area contributed by atoms with Crippen LogP contribution in [0.5, 0.6) is 5.75 Å². The number of nitrogens with zero attached hydrogens (tertiary/aromatic N) is 2. The van der Waals surface area contributed by atoms with Crippen molar-refractivity contribution >= 4 is 46.6 Å². The third-order valence-corrected chi connectivity index (χ3v) is 4.88. The lowest BCUT2D eigenvalue weighted by atomic mass is 10.0. The topological polar surface area (TPSA) is 41.9 Å². The number of carbonyl (C=O) groups is 1. The molecule has 4 rings (SSSR count). The van der Waals surface area contributed by atoms with Gasteiger partial charge in [-0.3, -0.25) is 4.79 Å². The zero-order valence-corrected chi connectivity index (χ0v) is 17.0. The summed E-state index contributed by atoms with van der Waals surface area (Å²) < 4.78 is 5.20. The highest BCUT2D eigenvalue weighted by atomic mass is 35.5. The average molecular weight is 423 g/mol. The summed E-state index contributed by atoms with van der Waals surface area (Å²) in [6, 6.07) is 22.0. The van der Waals surface area contributed by atoms with E-state index in [0.29, 0.717) is 27.0 Å². The summed E-state index contributed by atoms with van der Waals surface area (Å²) in [7, 11) is 1.61. The van der Waals surface area contributed by atoms with Gasteiger partial charge >= 0.3 is 0 Å². The number of hydrogen-bond acceptors (Lipinski definition) is 3. The maximum atomic E-state index is 13.3. The Balaban J connectivity index is 1.81. The van der Waals surface area contributed by atoms with Crippen LogP contribution in [-0.2, 0) is 4.79 Å². The van der Waals surface area contributed by atoms with Gasteiger partial charge in [0.25, 0.3) is 5.91 Å². The zero-order valence-electron chi connectivity index (χ0n) is 15.5. The van der Waals surface area contributed by atoms with Crippen LogP contribution in [0.4, 0.5) is 5.69 Å². The molecule has 1 heterocycles. The SMILES string of the molecule is COc1ccc(C=C2C(=O)N(c3cc(Cl)cc(Cl)c3)N=C2c2ccccc2)cc1. The van der Waals surface area contributed by atoms with Crippen LogP contribution in [0.1, 0.15) is 11.1 Å². The first kappa shape index (κ1) is 19.2. The van der Waals surface area contributed by atoms with Crippen LogP contribution >= 0.6 is 23.2 Å². The van der Waals surface area contributed by atoms with E-state index < -0.39 is 0 Å².